The van der Waals surface area contributed by atoms with Gasteiger partial charge in [-0.3, -0.25) is 14.5 Å². The van der Waals surface area contributed by atoms with Crippen LogP contribution in [0.25, 0.3) is 11.0 Å². The SMILES string of the molecule is CCOc1cc([C@@H](C(=O)NC[C@H]2CCCO2)N(C(=O)Cn2nnc3ccccc32)c2ccc(F)cc2)ccc1O. The summed E-state index contributed by atoms with van der Waals surface area (Å²) >= 11 is 0. The number of nitrogens with one attached hydrogen (secondary N) is 1. The first-order chi connectivity index (χ1) is 19.4. The molecule has 4 aromatic rings. The third-order valence-electron chi connectivity index (χ3n) is 6.71. The summed E-state index contributed by atoms with van der Waals surface area (Å²) < 4.78 is 26.6. The van der Waals surface area contributed by atoms with Gasteiger partial charge in [-0.1, -0.05) is 23.4 Å². The van der Waals surface area contributed by atoms with Gasteiger partial charge in [-0.2, -0.15) is 0 Å². The van der Waals surface area contributed by atoms with Crippen LogP contribution in [0.4, 0.5) is 10.1 Å². The van der Waals surface area contributed by atoms with Crippen LogP contribution in [0.3, 0.4) is 0 Å². The topological polar surface area (TPSA) is 119 Å². The lowest BCUT2D eigenvalue weighted by atomic mass is 10.0. The van der Waals surface area contributed by atoms with Crippen LogP contribution in [0, 0.1) is 5.82 Å². The van der Waals surface area contributed by atoms with Crippen LogP contribution in [0.1, 0.15) is 31.4 Å². The standard InChI is InChI=1S/C29H30FN5O5/c1-2-39-26-16-19(9-14-25(26)36)28(29(38)31-17-22-6-5-15-40-22)35(21-12-10-20(30)11-13-21)27(37)18-34-24-8-4-3-7-23(24)32-33-34/h3-4,7-14,16,22,28,36H,2,5-6,15,17-18H2,1H3,(H,31,38)/t22-,28+/m1/s1. The van der Waals surface area contributed by atoms with Gasteiger partial charge in [0.1, 0.15) is 23.9 Å². The normalized spacial score (nSPS) is 15.6. The van der Waals surface area contributed by atoms with Crippen LogP contribution >= 0.6 is 0 Å². The number of hydrogen-bond acceptors (Lipinski definition) is 7. The molecular weight excluding hydrogens is 517 g/mol. The van der Waals surface area contributed by atoms with Crippen molar-refractivity contribution in [3.63, 3.8) is 0 Å². The van der Waals surface area contributed by atoms with E-state index in [1.165, 1.54) is 46.0 Å². The Morgan fingerprint density at radius 3 is 2.75 bits per heavy atom. The van der Waals surface area contributed by atoms with Crippen molar-refractivity contribution in [3.8, 4) is 11.5 Å². The van der Waals surface area contributed by atoms with Crippen LogP contribution in [0.2, 0.25) is 0 Å². The molecule has 0 unspecified atom stereocenters. The largest absolute Gasteiger partial charge is 0.504 e. The van der Waals surface area contributed by atoms with Crippen LogP contribution in [0.5, 0.6) is 11.5 Å². The quantitative estimate of drug-likeness (QED) is 0.310. The number of rotatable bonds is 10. The van der Waals surface area contributed by atoms with E-state index in [1.807, 2.05) is 12.1 Å². The lowest BCUT2D eigenvalue weighted by Crippen LogP contribution is -2.46. The Balaban J connectivity index is 1.56. The fraction of sp³-hybridized carbons (Fsp3) is 0.310. The zero-order valence-corrected chi connectivity index (χ0v) is 22.0. The first-order valence-corrected chi connectivity index (χ1v) is 13.2. The summed E-state index contributed by atoms with van der Waals surface area (Å²) in [6.45, 7) is 2.72. The molecule has 11 heteroatoms. The summed E-state index contributed by atoms with van der Waals surface area (Å²) in [4.78, 5) is 29.2. The van der Waals surface area contributed by atoms with Crippen molar-refractivity contribution in [1.29, 1.82) is 0 Å². The Labute approximate surface area is 230 Å². The first kappa shape index (κ1) is 27.1. The van der Waals surface area contributed by atoms with E-state index in [0.29, 0.717) is 28.9 Å². The second-order valence-corrected chi connectivity index (χ2v) is 9.42. The van der Waals surface area contributed by atoms with Crippen molar-refractivity contribution in [2.75, 3.05) is 24.7 Å². The number of nitrogens with zero attached hydrogens (tertiary/aromatic N) is 4. The van der Waals surface area contributed by atoms with Gasteiger partial charge in [-0.15, -0.1) is 5.10 Å². The van der Waals surface area contributed by atoms with Gasteiger partial charge in [0.2, 0.25) is 11.8 Å². The number of aromatic nitrogens is 3. The van der Waals surface area contributed by atoms with E-state index in [9.17, 15) is 19.1 Å². The summed E-state index contributed by atoms with van der Waals surface area (Å²) in [5, 5.41) is 21.5. The van der Waals surface area contributed by atoms with Crippen molar-refractivity contribution in [3.05, 3.63) is 78.1 Å². The second kappa shape index (κ2) is 12.1. The molecule has 2 N–H and O–H groups in total. The van der Waals surface area contributed by atoms with Crippen molar-refractivity contribution < 1.29 is 28.6 Å². The highest BCUT2D eigenvalue weighted by molar-refractivity contribution is 6.01. The van der Waals surface area contributed by atoms with E-state index < -0.39 is 23.7 Å². The number of aromatic hydroxyl groups is 1. The number of carbonyl (C=O) groups is 2. The molecule has 1 aliphatic heterocycles. The molecule has 2 amide bonds. The number of carbonyl (C=O) groups excluding carboxylic acids is 2. The number of phenols is 1. The maximum Gasteiger partial charge on any atom is 0.249 e. The monoisotopic (exact) mass is 547 g/mol. The van der Waals surface area contributed by atoms with E-state index in [1.54, 1.807) is 25.1 Å². The maximum atomic E-state index is 14.1. The van der Waals surface area contributed by atoms with Crippen molar-refractivity contribution in [2.24, 2.45) is 0 Å². The van der Waals surface area contributed by atoms with Crippen molar-refractivity contribution in [2.45, 2.75) is 38.5 Å². The number of ether oxygens (including phenoxy) is 2. The average Bonchev–Trinajstić information content (AvgIpc) is 3.63. The highest BCUT2D eigenvalue weighted by atomic mass is 19.1. The van der Waals surface area contributed by atoms with Gasteiger partial charge in [-0.05, 0) is 73.9 Å². The number of halogens is 1. The van der Waals surface area contributed by atoms with Gasteiger partial charge in [-0.25, -0.2) is 9.07 Å². The zero-order chi connectivity index (χ0) is 28.1. The number of para-hydroxylation sites is 1. The Morgan fingerprint density at radius 2 is 2.00 bits per heavy atom. The molecule has 1 fully saturated rings. The van der Waals surface area contributed by atoms with E-state index in [4.69, 9.17) is 9.47 Å². The van der Waals surface area contributed by atoms with Crippen molar-refractivity contribution in [1.82, 2.24) is 20.3 Å². The summed E-state index contributed by atoms with van der Waals surface area (Å²) in [5.41, 5.74) is 1.97. The smallest absolute Gasteiger partial charge is 0.249 e. The summed E-state index contributed by atoms with van der Waals surface area (Å²) in [6.07, 6.45) is 1.60. The number of fused-ring (bicyclic) bond motifs is 1. The molecule has 10 nitrogen and oxygen atoms in total. The third kappa shape index (κ3) is 5.89. The lowest BCUT2D eigenvalue weighted by Gasteiger charge is -2.32. The molecule has 1 aliphatic rings. The van der Waals surface area contributed by atoms with Crippen LogP contribution < -0.4 is 15.0 Å². The lowest BCUT2D eigenvalue weighted by molar-refractivity contribution is -0.127. The molecule has 40 heavy (non-hydrogen) atoms. The summed E-state index contributed by atoms with van der Waals surface area (Å²) in [5.74, 6) is -1.36. The van der Waals surface area contributed by atoms with Gasteiger partial charge in [0.05, 0.1) is 18.2 Å². The minimum atomic E-state index is -1.19. The number of anilines is 1. The van der Waals surface area contributed by atoms with E-state index >= 15 is 0 Å². The van der Waals surface area contributed by atoms with E-state index in [2.05, 4.69) is 15.6 Å². The van der Waals surface area contributed by atoms with Gasteiger partial charge in [0, 0.05) is 18.8 Å². The molecule has 0 bridgehead atoms. The predicted octanol–water partition coefficient (Wildman–Crippen LogP) is 3.74. The number of benzene rings is 3. The van der Waals surface area contributed by atoms with Gasteiger partial charge < -0.3 is 19.9 Å². The van der Waals surface area contributed by atoms with Crippen molar-refractivity contribution >= 4 is 28.5 Å². The number of phenolic OH excluding ortho intramolecular Hbond substituents is 1. The van der Waals surface area contributed by atoms with Gasteiger partial charge in [0.25, 0.3) is 0 Å². The molecule has 2 atom stereocenters. The fourth-order valence-corrected chi connectivity index (χ4v) is 4.78. The highest BCUT2D eigenvalue weighted by Crippen LogP contribution is 2.34. The fourth-order valence-electron chi connectivity index (χ4n) is 4.78. The first-order valence-electron chi connectivity index (χ1n) is 13.2. The van der Waals surface area contributed by atoms with Crippen LogP contribution in [-0.4, -0.2) is 57.8 Å². The molecule has 208 valence electrons. The average molecular weight is 548 g/mol. The highest BCUT2D eigenvalue weighted by Gasteiger charge is 2.34. The molecule has 0 spiro atoms. The number of amides is 2. The number of hydrogen-bond donors (Lipinski definition) is 2. The van der Waals surface area contributed by atoms with E-state index in [0.717, 1.165) is 12.8 Å². The molecule has 0 aliphatic carbocycles. The molecule has 0 radical (unpaired) electrons. The minimum Gasteiger partial charge on any atom is -0.504 e. The molecule has 5 rings (SSSR count). The molecule has 1 aromatic heterocycles. The Bertz CT molecular complexity index is 1490. The summed E-state index contributed by atoms with van der Waals surface area (Å²) in [7, 11) is 0. The Morgan fingerprint density at radius 1 is 1.20 bits per heavy atom. The Hall–Kier alpha value is -4.51. The predicted molar refractivity (Wildman–Crippen MR) is 145 cm³/mol. The molecule has 1 saturated heterocycles. The summed E-state index contributed by atoms with van der Waals surface area (Å²) in [6, 6.07) is 15.9. The minimum absolute atomic E-state index is 0.0992. The van der Waals surface area contributed by atoms with E-state index in [-0.39, 0.29) is 37.3 Å². The maximum absolute atomic E-state index is 14.1. The molecule has 3 aromatic carbocycles. The van der Waals surface area contributed by atoms with Gasteiger partial charge >= 0.3 is 0 Å². The van der Waals surface area contributed by atoms with Crippen LogP contribution in [-0.2, 0) is 20.9 Å². The Kier molecular flexibility index (Phi) is 8.20. The third-order valence-corrected chi connectivity index (χ3v) is 6.71. The molecule has 0 saturated carbocycles. The van der Waals surface area contributed by atoms with Crippen LogP contribution in [0.15, 0.2) is 66.7 Å². The second-order valence-electron chi connectivity index (χ2n) is 9.42. The molecular formula is C29H30FN5O5. The zero-order valence-electron chi connectivity index (χ0n) is 22.0. The molecule has 2 heterocycles. The van der Waals surface area contributed by atoms with Gasteiger partial charge in [0.15, 0.2) is 11.5 Å².